The predicted molar refractivity (Wildman–Crippen MR) is 71.6 cm³/mol. The molecule has 0 spiro atoms. The number of Topliss-reactive ketones (excluding diaryl/α,β-unsaturated/α-hetero) is 1. The molecule has 1 aromatic heterocycles. The van der Waals surface area contributed by atoms with Gasteiger partial charge in [-0.15, -0.1) is 0 Å². The van der Waals surface area contributed by atoms with E-state index in [0.717, 1.165) is 10.1 Å². The second-order valence-corrected chi connectivity index (χ2v) is 4.33. The molecule has 0 aliphatic heterocycles. The van der Waals surface area contributed by atoms with Crippen molar-refractivity contribution in [2.75, 3.05) is 0 Å². The van der Waals surface area contributed by atoms with Crippen LogP contribution in [0.2, 0.25) is 0 Å². The Labute approximate surface area is 109 Å². The minimum Gasteiger partial charge on any atom is -0.313 e. The van der Waals surface area contributed by atoms with Gasteiger partial charge in [0.1, 0.15) is 0 Å². The van der Waals surface area contributed by atoms with E-state index in [2.05, 4.69) is 4.98 Å². The van der Waals surface area contributed by atoms with Crippen molar-refractivity contribution in [3.63, 3.8) is 0 Å². The van der Waals surface area contributed by atoms with E-state index in [1.807, 2.05) is 30.3 Å². The monoisotopic (exact) mass is 258 g/mol. The van der Waals surface area contributed by atoms with Crippen LogP contribution in [0.5, 0.6) is 0 Å². The number of carbonyl (C=O) groups excluding carboxylic acids is 1. The highest BCUT2D eigenvalue weighted by Gasteiger charge is 2.16. The summed E-state index contributed by atoms with van der Waals surface area (Å²) in [5.41, 5.74) is -0.267. The first-order valence-electron chi connectivity index (χ1n) is 5.92. The molecule has 0 saturated carbocycles. The highest BCUT2D eigenvalue weighted by molar-refractivity contribution is 5.93. The number of aromatic nitrogens is 2. The zero-order valence-corrected chi connectivity index (χ0v) is 10.7. The topological polar surface area (TPSA) is 71.9 Å². The van der Waals surface area contributed by atoms with Gasteiger partial charge in [0.15, 0.2) is 5.78 Å². The molecule has 1 unspecified atom stereocenters. The normalized spacial score (nSPS) is 12.1. The molecule has 0 saturated heterocycles. The molecule has 0 radical (unpaired) electrons. The van der Waals surface area contributed by atoms with Gasteiger partial charge in [0.05, 0.1) is 11.6 Å². The third-order valence-corrected chi connectivity index (χ3v) is 3.06. The average Bonchev–Trinajstić information content (AvgIpc) is 2.39. The first-order valence-corrected chi connectivity index (χ1v) is 5.92. The van der Waals surface area contributed by atoms with Crippen LogP contribution in [0.4, 0.5) is 0 Å². The van der Waals surface area contributed by atoms with Crippen molar-refractivity contribution < 1.29 is 4.79 Å². The lowest BCUT2D eigenvalue weighted by atomic mass is 10.1. The Morgan fingerprint density at radius 1 is 1.21 bits per heavy atom. The molecule has 5 nitrogen and oxygen atoms in total. The molecule has 98 valence electrons. The van der Waals surface area contributed by atoms with Crippen LogP contribution in [0.15, 0.2) is 46.1 Å². The summed E-state index contributed by atoms with van der Waals surface area (Å²) in [6.45, 7) is 3.04. The number of nitrogens with one attached hydrogen (secondary N) is 1. The van der Waals surface area contributed by atoms with Gasteiger partial charge >= 0.3 is 5.69 Å². The third kappa shape index (κ3) is 2.40. The summed E-state index contributed by atoms with van der Waals surface area (Å²) >= 11 is 0. The van der Waals surface area contributed by atoms with Gasteiger partial charge in [0.2, 0.25) is 0 Å². The lowest BCUT2D eigenvalue weighted by Crippen LogP contribution is -2.39. The number of ketones is 1. The zero-order valence-electron chi connectivity index (χ0n) is 10.7. The molecule has 0 bridgehead atoms. The van der Waals surface area contributed by atoms with E-state index < -0.39 is 17.3 Å². The van der Waals surface area contributed by atoms with E-state index in [-0.39, 0.29) is 11.3 Å². The molecule has 1 atom stereocenters. The third-order valence-electron chi connectivity index (χ3n) is 3.06. The van der Waals surface area contributed by atoms with Crippen LogP contribution in [-0.4, -0.2) is 15.3 Å². The Morgan fingerprint density at radius 2 is 1.84 bits per heavy atom. The molecular weight excluding hydrogens is 244 g/mol. The fraction of sp³-hybridized carbons (Fsp3) is 0.214. The average molecular weight is 258 g/mol. The lowest BCUT2D eigenvalue weighted by molar-refractivity contribution is 0.101. The van der Waals surface area contributed by atoms with Gasteiger partial charge in [-0.25, -0.2) is 4.79 Å². The van der Waals surface area contributed by atoms with Gasteiger partial charge in [-0.05, 0) is 19.4 Å². The second-order valence-electron chi connectivity index (χ2n) is 4.33. The van der Waals surface area contributed by atoms with Gasteiger partial charge < -0.3 is 4.98 Å². The van der Waals surface area contributed by atoms with Crippen molar-refractivity contribution in [1.82, 2.24) is 9.55 Å². The maximum atomic E-state index is 12.2. The number of H-pyrrole nitrogens is 1. The summed E-state index contributed by atoms with van der Waals surface area (Å²) in [5, 5.41) is 0. The molecule has 0 aliphatic carbocycles. The van der Waals surface area contributed by atoms with Crippen molar-refractivity contribution in [2.24, 2.45) is 0 Å². The quantitative estimate of drug-likeness (QED) is 0.845. The predicted octanol–water partition coefficient (Wildman–Crippen LogP) is 1.35. The van der Waals surface area contributed by atoms with Crippen LogP contribution in [-0.2, 0) is 0 Å². The Morgan fingerprint density at radius 3 is 2.42 bits per heavy atom. The Kier molecular flexibility index (Phi) is 3.46. The van der Waals surface area contributed by atoms with Crippen molar-refractivity contribution in [3.8, 4) is 0 Å². The van der Waals surface area contributed by atoms with Crippen molar-refractivity contribution in [2.45, 2.75) is 19.9 Å². The summed E-state index contributed by atoms with van der Waals surface area (Å²) in [5.74, 6) is -0.365. The second kappa shape index (κ2) is 5.06. The summed E-state index contributed by atoms with van der Waals surface area (Å²) in [7, 11) is 0. The Balaban J connectivity index is 2.63. The first kappa shape index (κ1) is 13.0. The standard InChI is InChI=1S/C14H14N2O3/c1-9(11-6-4-3-5-7-11)16-13(18)12(10(2)17)8-15-14(16)19/h3-9H,1-2H3,(H,15,19). The lowest BCUT2D eigenvalue weighted by Gasteiger charge is -2.14. The Hall–Kier alpha value is -2.43. The smallest absolute Gasteiger partial charge is 0.313 e. The Bertz CT molecular complexity index is 713. The van der Waals surface area contributed by atoms with E-state index in [0.29, 0.717) is 0 Å². The first-order chi connectivity index (χ1) is 9.02. The molecule has 0 aliphatic rings. The van der Waals surface area contributed by atoms with Gasteiger partial charge in [-0.2, -0.15) is 0 Å². The van der Waals surface area contributed by atoms with Crippen LogP contribution in [0.1, 0.15) is 35.8 Å². The number of hydrogen-bond acceptors (Lipinski definition) is 3. The molecule has 1 N–H and O–H groups in total. The molecule has 5 heteroatoms. The molecule has 1 aromatic carbocycles. The fourth-order valence-corrected chi connectivity index (χ4v) is 1.97. The molecule has 2 aromatic rings. The number of carbonyl (C=O) groups is 1. The summed E-state index contributed by atoms with van der Waals surface area (Å²) in [4.78, 5) is 37.8. The van der Waals surface area contributed by atoms with Gasteiger partial charge in [0.25, 0.3) is 5.56 Å². The van der Waals surface area contributed by atoms with Gasteiger partial charge in [-0.1, -0.05) is 30.3 Å². The van der Waals surface area contributed by atoms with E-state index in [9.17, 15) is 14.4 Å². The van der Waals surface area contributed by atoms with Gasteiger partial charge in [-0.3, -0.25) is 14.2 Å². The van der Waals surface area contributed by atoms with E-state index in [1.54, 1.807) is 6.92 Å². The van der Waals surface area contributed by atoms with Crippen molar-refractivity contribution in [1.29, 1.82) is 0 Å². The van der Waals surface area contributed by atoms with E-state index in [1.165, 1.54) is 13.1 Å². The van der Waals surface area contributed by atoms with Crippen LogP contribution >= 0.6 is 0 Å². The summed E-state index contributed by atoms with van der Waals surface area (Å²) in [6.07, 6.45) is 1.17. The zero-order chi connectivity index (χ0) is 14.0. The van der Waals surface area contributed by atoms with Crippen LogP contribution in [0.25, 0.3) is 0 Å². The van der Waals surface area contributed by atoms with E-state index >= 15 is 0 Å². The molecule has 19 heavy (non-hydrogen) atoms. The molecule has 1 heterocycles. The molecule has 2 rings (SSSR count). The summed E-state index contributed by atoms with van der Waals surface area (Å²) < 4.78 is 1.06. The number of aromatic amines is 1. The van der Waals surface area contributed by atoms with Crippen LogP contribution in [0.3, 0.4) is 0 Å². The van der Waals surface area contributed by atoms with Gasteiger partial charge in [0, 0.05) is 6.20 Å². The minimum absolute atomic E-state index is 0.0117. The van der Waals surface area contributed by atoms with Crippen LogP contribution in [0, 0.1) is 0 Å². The summed E-state index contributed by atoms with van der Waals surface area (Å²) in [6, 6.07) is 8.75. The highest BCUT2D eigenvalue weighted by Crippen LogP contribution is 2.13. The van der Waals surface area contributed by atoms with Crippen molar-refractivity contribution >= 4 is 5.78 Å². The SMILES string of the molecule is CC(=O)c1c[nH]c(=O)n(C(C)c2ccccc2)c1=O. The molecular formula is C14H14N2O3. The largest absolute Gasteiger partial charge is 0.328 e. The minimum atomic E-state index is -0.562. The molecule has 0 fully saturated rings. The number of benzene rings is 1. The van der Waals surface area contributed by atoms with Crippen LogP contribution < -0.4 is 11.2 Å². The molecule has 0 amide bonds. The highest BCUT2D eigenvalue weighted by atomic mass is 16.2. The number of hydrogen-bond donors (Lipinski definition) is 1. The van der Waals surface area contributed by atoms with Crippen molar-refractivity contribution in [3.05, 3.63) is 68.5 Å². The van der Waals surface area contributed by atoms with E-state index in [4.69, 9.17) is 0 Å². The fourth-order valence-electron chi connectivity index (χ4n) is 1.97. The number of nitrogens with zero attached hydrogens (tertiary/aromatic N) is 1. The maximum Gasteiger partial charge on any atom is 0.328 e. The number of rotatable bonds is 3. The maximum absolute atomic E-state index is 12.2.